The fraction of sp³-hybridized carbons (Fsp3) is 0.167. The molecule has 0 heterocycles. The first kappa shape index (κ1) is 22.5. The van der Waals surface area contributed by atoms with Crippen molar-refractivity contribution in [3.63, 3.8) is 0 Å². The summed E-state index contributed by atoms with van der Waals surface area (Å²) in [5.41, 5.74) is 3.01. The average molecular weight is 447 g/mol. The fourth-order valence-corrected chi connectivity index (χ4v) is 3.30. The molecule has 3 rings (SSSR count). The first-order valence-electron chi connectivity index (χ1n) is 8.99. The normalized spacial score (nSPS) is 10.6. The van der Waals surface area contributed by atoms with E-state index in [-0.39, 0.29) is 51.0 Å². The van der Waals surface area contributed by atoms with Crippen LogP contribution < -0.4 is 4.74 Å². The van der Waals surface area contributed by atoms with Crippen molar-refractivity contribution in [2.45, 2.75) is 12.5 Å². The number of para-hydroxylation sites is 1. The van der Waals surface area contributed by atoms with Crippen molar-refractivity contribution in [1.29, 1.82) is 0 Å². The van der Waals surface area contributed by atoms with Crippen molar-refractivity contribution < 1.29 is 42.2 Å². The number of nitrogens with zero attached hydrogens (tertiary/aromatic N) is 1. The first-order valence-corrected chi connectivity index (χ1v) is 8.99. The topological polar surface area (TPSA) is 29.5 Å². The number of rotatable bonds is 8. The molecule has 4 heteroatoms. The molecule has 0 N–H and O–H groups in total. The average Bonchev–Trinajstić information content (AvgIpc) is 2.70. The molecule has 3 nitrogen and oxygen atoms in total. The van der Waals surface area contributed by atoms with Gasteiger partial charge in [-0.25, -0.2) is 0 Å². The smallest absolute Gasteiger partial charge is 0.156 e. The van der Waals surface area contributed by atoms with Crippen LogP contribution >= 0.6 is 0 Å². The summed E-state index contributed by atoms with van der Waals surface area (Å²) >= 11 is 0. The van der Waals surface area contributed by atoms with Crippen LogP contribution in [0.5, 0.6) is 5.75 Å². The van der Waals surface area contributed by atoms with Crippen LogP contribution in [0, 0.1) is 7.05 Å². The van der Waals surface area contributed by atoms with Crippen LogP contribution in [0.25, 0.3) is 0 Å². The number of methoxy groups -OCH3 is 1. The Balaban J connectivity index is 0.00000280. The summed E-state index contributed by atoms with van der Waals surface area (Å²) in [5, 5.41) is 0. The van der Waals surface area contributed by atoms with Gasteiger partial charge in [0.2, 0.25) is 0 Å². The van der Waals surface area contributed by atoms with Gasteiger partial charge in [0.15, 0.2) is 5.78 Å². The molecule has 0 fully saturated rings. The molecular weight excluding hydrogens is 423 g/mol. The van der Waals surface area contributed by atoms with E-state index in [1.54, 1.807) is 12.0 Å². The Hall–Kier alpha value is -1.81. The van der Waals surface area contributed by atoms with E-state index in [1.165, 1.54) is 0 Å². The van der Waals surface area contributed by atoms with Crippen molar-refractivity contribution in [2.24, 2.45) is 0 Å². The van der Waals surface area contributed by atoms with E-state index in [2.05, 4.69) is 7.05 Å². The molecule has 0 spiro atoms. The van der Waals surface area contributed by atoms with Crippen molar-refractivity contribution >= 4 is 5.78 Å². The third-order valence-electron chi connectivity index (χ3n) is 4.55. The molecule has 0 bridgehead atoms. The maximum atomic E-state index is 13.2. The van der Waals surface area contributed by atoms with E-state index >= 15 is 0 Å². The standard InChI is InChI=1S/C24H24NO2.Y/c1-25(17-21-15-9-10-16-23(21)27-2)18-22(26)24(19-11-5-3-6-12-19)20-13-7-4-8-14-20;/h3-16,24H,1,17-18H2,2H3;/q-1;. The summed E-state index contributed by atoms with van der Waals surface area (Å²) < 4.78 is 5.40. The van der Waals surface area contributed by atoms with Gasteiger partial charge in [-0.05, 0) is 23.7 Å². The summed E-state index contributed by atoms with van der Waals surface area (Å²) in [6.07, 6.45) is 0. The van der Waals surface area contributed by atoms with E-state index in [4.69, 9.17) is 4.74 Å². The predicted molar refractivity (Wildman–Crippen MR) is 108 cm³/mol. The molecule has 1 radical (unpaired) electrons. The number of hydrogen-bond acceptors (Lipinski definition) is 3. The zero-order chi connectivity index (χ0) is 19.1. The largest absolute Gasteiger partial charge is 0.496 e. The first-order chi connectivity index (χ1) is 13.2. The second-order valence-electron chi connectivity index (χ2n) is 6.52. The molecule has 0 saturated carbocycles. The maximum Gasteiger partial charge on any atom is 0.156 e. The molecule has 0 aliphatic heterocycles. The Labute approximate surface area is 192 Å². The van der Waals surface area contributed by atoms with Crippen LogP contribution in [0.1, 0.15) is 22.6 Å². The van der Waals surface area contributed by atoms with Gasteiger partial charge in [-0.1, -0.05) is 78.9 Å². The van der Waals surface area contributed by atoms with Gasteiger partial charge < -0.3 is 9.64 Å². The number of benzene rings is 3. The number of carbonyl (C=O) groups is 1. The minimum absolute atomic E-state index is 0. The fourth-order valence-electron chi connectivity index (χ4n) is 3.30. The molecule has 0 unspecified atom stereocenters. The van der Waals surface area contributed by atoms with E-state index in [1.807, 2.05) is 84.9 Å². The van der Waals surface area contributed by atoms with Gasteiger partial charge in [0, 0.05) is 44.8 Å². The Morgan fingerprint density at radius 3 is 1.93 bits per heavy atom. The van der Waals surface area contributed by atoms with Crippen LogP contribution in [0.2, 0.25) is 0 Å². The SMILES string of the molecule is [CH2-]N(CC(=O)C(c1ccccc1)c1ccccc1)Cc1ccccc1OC.[Y]. The van der Waals surface area contributed by atoms with Gasteiger partial charge in [0.05, 0.1) is 13.0 Å². The molecule has 28 heavy (non-hydrogen) atoms. The summed E-state index contributed by atoms with van der Waals surface area (Å²) in [5.74, 6) is 0.632. The molecule has 0 amide bonds. The molecule has 0 aromatic heterocycles. The third-order valence-corrected chi connectivity index (χ3v) is 4.55. The summed E-state index contributed by atoms with van der Waals surface area (Å²) in [6.45, 7) is 0.804. The molecule has 0 saturated heterocycles. The second-order valence-corrected chi connectivity index (χ2v) is 6.52. The summed E-state index contributed by atoms with van der Waals surface area (Å²) in [6, 6.07) is 27.6. The van der Waals surface area contributed by atoms with Gasteiger partial charge in [0.25, 0.3) is 0 Å². The molecule has 0 aliphatic rings. The van der Waals surface area contributed by atoms with Crippen LogP contribution in [-0.4, -0.2) is 24.3 Å². The van der Waals surface area contributed by atoms with Crippen molar-refractivity contribution in [3.05, 3.63) is 109 Å². The van der Waals surface area contributed by atoms with Gasteiger partial charge in [-0.15, -0.1) is 0 Å². The zero-order valence-electron chi connectivity index (χ0n) is 16.1. The van der Waals surface area contributed by atoms with Gasteiger partial charge in [-0.2, -0.15) is 0 Å². The van der Waals surface area contributed by atoms with Gasteiger partial charge >= 0.3 is 0 Å². The number of ether oxygens (including phenoxy) is 1. The van der Waals surface area contributed by atoms with Gasteiger partial charge in [0.1, 0.15) is 5.75 Å². The molecule has 0 aliphatic carbocycles. The Morgan fingerprint density at radius 2 is 1.39 bits per heavy atom. The Kier molecular flexibility index (Phi) is 9.04. The van der Waals surface area contributed by atoms with Crippen molar-refractivity contribution in [1.82, 2.24) is 4.90 Å². The molecule has 0 atom stereocenters. The predicted octanol–water partition coefficient (Wildman–Crippen LogP) is 4.69. The van der Waals surface area contributed by atoms with E-state index in [0.29, 0.717) is 6.54 Å². The molecule has 3 aromatic carbocycles. The van der Waals surface area contributed by atoms with Crippen molar-refractivity contribution in [2.75, 3.05) is 13.7 Å². The number of Topliss-reactive ketones (excluding diaryl/α,β-unsaturated/α-hetero) is 1. The van der Waals surface area contributed by atoms with Crippen LogP contribution in [-0.2, 0) is 44.0 Å². The second kappa shape index (κ2) is 11.3. The Bertz CT molecular complexity index is 829. The monoisotopic (exact) mass is 447 g/mol. The summed E-state index contributed by atoms with van der Waals surface area (Å²) in [7, 11) is 5.73. The molecular formula is C24H24NO2Y-. The number of hydrogen-bond donors (Lipinski definition) is 0. The van der Waals surface area contributed by atoms with E-state index < -0.39 is 0 Å². The summed E-state index contributed by atoms with van der Waals surface area (Å²) in [4.78, 5) is 15.0. The van der Waals surface area contributed by atoms with Crippen molar-refractivity contribution in [3.8, 4) is 5.75 Å². The number of carbonyl (C=O) groups excluding carboxylic acids is 1. The quantitative estimate of drug-likeness (QED) is 0.470. The maximum absolute atomic E-state index is 13.2. The minimum atomic E-state index is -0.297. The minimum Gasteiger partial charge on any atom is -0.496 e. The number of ketones is 1. The van der Waals surface area contributed by atoms with E-state index in [9.17, 15) is 4.79 Å². The van der Waals surface area contributed by atoms with Gasteiger partial charge in [-0.3, -0.25) is 11.8 Å². The van der Waals surface area contributed by atoms with E-state index in [0.717, 1.165) is 22.4 Å². The Morgan fingerprint density at radius 1 is 0.893 bits per heavy atom. The van der Waals surface area contributed by atoms with Crippen LogP contribution in [0.3, 0.4) is 0 Å². The zero-order valence-corrected chi connectivity index (χ0v) is 19.0. The van der Waals surface area contributed by atoms with Crippen LogP contribution in [0.4, 0.5) is 0 Å². The molecule has 3 aromatic rings. The third kappa shape index (κ3) is 5.84. The molecule has 141 valence electrons. The van der Waals surface area contributed by atoms with Crippen LogP contribution in [0.15, 0.2) is 84.9 Å².